The van der Waals surface area contributed by atoms with Crippen LogP contribution < -0.4 is 5.32 Å². The van der Waals surface area contributed by atoms with Gasteiger partial charge in [0.15, 0.2) is 5.78 Å². The van der Waals surface area contributed by atoms with Crippen molar-refractivity contribution in [3.8, 4) is 0 Å². The van der Waals surface area contributed by atoms with Gasteiger partial charge < -0.3 is 5.32 Å². The van der Waals surface area contributed by atoms with Crippen LogP contribution in [0.2, 0.25) is 0 Å². The Labute approximate surface area is 137 Å². The van der Waals surface area contributed by atoms with Crippen LogP contribution in [0.15, 0.2) is 40.5 Å². The van der Waals surface area contributed by atoms with E-state index in [2.05, 4.69) is 36.5 Å². The first-order valence-corrected chi connectivity index (χ1v) is 8.83. The summed E-state index contributed by atoms with van der Waals surface area (Å²) in [5.41, 5.74) is 4.51. The predicted octanol–water partition coefficient (Wildman–Crippen LogP) is 3.68. The van der Waals surface area contributed by atoms with Crippen LogP contribution >= 0.6 is 0 Å². The summed E-state index contributed by atoms with van der Waals surface area (Å²) in [6, 6.07) is 9.35. The number of fused-ring (bicyclic) bond motifs is 1. The standard InChI is InChI=1S/C20H24N2O/c1-13-5-4-6-14(9-13)15-10-19-16(20(23)11-15)12-21-17-7-2-3-8-18(17)22-19/h4-6,9,12,15,17-18,22H,2-3,7-8,10-11H2,1H3/t15-,17+,18-/m0/s1. The van der Waals surface area contributed by atoms with Crippen LogP contribution in [0.4, 0.5) is 0 Å². The molecule has 1 aromatic rings. The second kappa shape index (κ2) is 5.95. The Hall–Kier alpha value is -1.90. The highest BCUT2D eigenvalue weighted by atomic mass is 16.1. The maximum absolute atomic E-state index is 12.7. The van der Waals surface area contributed by atoms with E-state index in [-0.39, 0.29) is 5.78 Å². The van der Waals surface area contributed by atoms with Gasteiger partial charge in [-0.15, -0.1) is 0 Å². The Bertz CT molecular complexity index is 689. The molecule has 3 aliphatic rings. The SMILES string of the molecule is Cc1cccc([C@@H]2CC(=O)C3=C(C2)N[C@H]2CCCC[C@H]2N=C3)c1. The van der Waals surface area contributed by atoms with E-state index in [4.69, 9.17) is 4.99 Å². The van der Waals surface area contributed by atoms with Crippen LogP contribution in [-0.2, 0) is 4.79 Å². The summed E-state index contributed by atoms with van der Waals surface area (Å²) in [7, 11) is 0. The molecule has 1 aliphatic heterocycles. The fourth-order valence-electron chi connectivity index (χ4n) is 4.23. The molecule has 0 radical (unpaired) electrons. The first kappa shape index (κ1) is 14.7. The minimum atomic E-state index is 0.243. The van der Waals surface area contributed by atoms with Gasteiger partial charge in [0.25, 0.3) is 0 Å². The summed E-state index contributed by atoms with van der Waals surface area (Å²) in [5, 5.41) is 3.70. The summed E-state index contributed by atoms with van der Waals surface area (Å²) in [6.07, 6.45) is 8.23. The number of hydrogen-bond acceptors (Lipinski definition) is 3. The van der Waals surface area contributed by atoms with Gasteiger partial charge in [-0.05, 0) is 37.7 Å². The number of Topliss-reactive ketones (excluding diaryl/α,β-unsaturated/α-hetero) is 1. The molecule has 3 heteroatoms. The highest BCUT2D eigenvalue weighted by molar-refractivity contribution is 6.15. The summed E-state index contributed by atoms with van der Waals surface area (Å²) >= 11 is 0. The first-order valence-electron chi connectivity index (χ1n) is 8.83. The number of hydrogen-bond donors (Lipinski definition) is 1. The van der Waals surface area contributed by atoms with Crippen molar-refractivity contribution in [2.75, 3.05) is 0 Å². The van der Waals surface area contributed by atoms with Crippen molar-refractivity contribution in [3.05, 3.63) is 46.7 Å². The zero-order valence-corrected chi connectivity index (χ0v) is 13.7. The molecule has 1 N–H and O–H groups in total. The van der Waals surface area contributed by atoms with Crippen molar-refractivity contribution < 1.29 is 4.79 Å². The van der Waals surface area contributed by atoms with Gasteiger partial charge in [-0.3, -0.25) is 9.79 Å². The zero-order valence-electron chi connectivity index (χ0n) is 13.7. The maximum atomic E-state index is 12.7. The summed E-state index contributed by atoms with van der Waals surface area (Å²) in [6.45, 7) is 2.11. The molecule has 1 fully saturated rings. The van der Waals surface area contributed by atoms with E-state index in [0.29, 0.717) is 24.4 Å². The Morgan fingerprint density at radius 1 is 1.17 bits per heavy atom. The number of ketones is 1. The van der Waals surface area contributed by atoms with E-state index in [0.717, 1.165) is 24.1 Å². The molecule has 0 unspecified atom stereocenters. The Kier molecular flexibility index (Phi) is 3.80. The second-order valence-electron chi connectivity index (χ2n) is 7.22. The van der Waals surface area contributed by atoms with E-state index >= 15 is 0 Å². The number of carbonyl (C=O) groups is 1. The topological polar surface area (TPSA) is 41.5 Å². The monoisotopic (exact) mass is 308 g/mol. The van der Waals surface area contributed by atoms with E-state index in [1.807, 2.05) is 6.21 Å². The van der Waals surface area contributed by atoms with E-state index in [9.17, 15) is 4.79 Å². The smallest absolute Gasteiger partial charge is 0.166 e. The van der Waals surface area contributed by atoms with Gasteiger partial charge >= 0.3 is 0 Å². The molecule has 23 heavy (non-hydrogen) atoms. The van der Waals surface area contributed by atoms with Crippen molar-refractivity contribution in [2.45, 2.75) is 63.5 Å². The van der Waals surface area contributed by atoms with Crippen LogP contribution in [0.3, 0.4) is 0 Å². The summed E-state index contributed by atoms with van der Waals surface area (Å²) < 4.78 is 0. The molecule has 2 aliphatic carbocycles. The largest absolute Gasteiger partial charge is 0.383 e. The molecule has 120 valence electrons. The molecule has 0 saturated heterocycles. The molecule has 3 nitrogen and oxygen atoms in total. The quantitative estimate of drug-likeness (QED) is 0.860. The third-order valence-corrected chi connectivity index (χ3v) is 5.51. The fourth-order valence-corrected chi connectivity index (χ4v) is 4.23. The number of aryl methyl sites for hydroxylation is 1. The van der Waals surface area contributed by atoms with Crippen LogP contribution in [0.5, 0.6) is 0 Å². The van der Waals surface area contributed by atoms with Crippen LogP contribution in [0.25, 0.3) is 0 Å². The molecule has 0 aromatic heterocycles. The number of rotatable bonds is 1. The first-order chi connectivity index (χ1) is 11.2. The number of allylic oxidation sites excluding steroid dienone is 2. The van der Waals surface area contributed by atoms with Gasteiger partial charge in [-0.25, -0.2) is 0 Å². The second-order valence-corrected chi connectivity index (χ2v) is 7.22. The van der Waals surface area contributed by atoms with E-state index in [1.165, 1.54) is 30.4 Å². The third kappa shape index (κ3) is 2.85. The highest BCUT2D eigenvalue weighted by Gasteiger charge is 2.33. The lowest BCUT2D eigenvalue weighted by Gasteiger charge is -2.32. The molecule has 0 spiro atoms. The average Bonchev–Trinajstić information content (AvgIpc) is 2.74. The zero-order chi connectivity index (χ0) is 15.8. The fraction of sp³-hybridized carbons (Fsp3) is 0.500. The maximum Gasteiger partial charge on any atom is 0.166 e. The Morgan fingerprint density at radius 2 is 2.04 bits per heavy atom. The van der Waals surface area contributed by atoms with Crippen LogP contribution in [-0.4, -0.2) is 24.1 Å². The lowest BCUT2D eigenvalue weighted by Crippen LogP contribution is -2.41. The molecular weight excluding hydrogens is 284 g/mol. The van der Waals surface area contributed by atoms with Crippen LogP contribution in [0, 0.1) is 6.92 Å². The molecule has 3 atom stereocenters. The summed E-state index contributed by atoms with van der Waals surface area (Å²) in [5.74, 6) is 0.537. The minimum Gasteiger partial charge on any atom is -0.383 e. The van der Waals surface area contributed by atoms with Gasteiger partial charge in [0, 0.05) is 24.4 Å². The molecule has 0 amide bonds. The van der Waals surface area contributed by atoms with E-state index in [1.54, 1.807) is 0 Å². The van der Waals surface area contributed by atoms with Crippen molar-refractivity contribution in [1.82, 2.24) is 5.32 Å². The minimum absolute atomic E-state index is 0.243. The van der Waals surface area contributed by atoms with Gasteiger partial charge in [-0.2, -0.15) is 0 Å². The van der Waals surface area contributed by atoms with Gasteiger partial charge in [0.1, 0.15) is 0 Å². The van der Waals surface area contributed by atoms with Crippen LogP contribution in [0.1, 0.15) is 55.6 Å². The van der Waals surface area contributed by atoms with Crippen molar-refractivity contribution >= 4 is 12.0 Å². The normalized spacial score (nSPS) is 30.3. The molecule has 1 aromatic carbocycles. The lowest BCUT2D eigenvalue weighted by atomic mass is 9.81. The number of benzene rings is 1. The van der Waals surface area contributed by atoms with Crippen molar-refractivity contribution in [3.63, 3.8) is 0 Å². The Morgan fingerprint density at radius 3 is 2.91 bits per heavy atom. The molecule has 1 saturated carbocycles. The number of nitrogens with one attached hydrogen (secondary N) is 1. The van der Waals surface area contributed by atoms with Gasteiger partial charge in [-0.1, -0.05) is 42.7 Å². The molecule has 4 rings (SSSR count). The Balaban J connectivity index is 1.62. The lowest BCUT2D eigenvalue weighted by molar-refractivity contribution is -0.115. The molecular formula is C20H24N2O. The number of aliphatic imine (C=N–C) groups is 1. The van der Waals surface area contributed by atoms with Crippen molar-refractivity contribution in [2.24, 2.45) is 4.99 Å². The predicted molar refractivity (Wildman–Crippen MR) is 92.9 cm³/mol. The highest BCUT2D eigenvalue weighted by Crippen LogP contribution is 2.36. The molecule has 1 heterocycles. The number of nitrogens with zero attached hydrogens (tertiary/aromatic N) is 1. The molecule has 0 bridgehead atoms. The average molecular weight is 308 g/mol. The third-order valence-electron chi connectivity index (χ3n) is 5.51. The van der Waals surface area contributed by atoms with Gasteiger partial charge in [0.05, 0.1) is 11.6 Å². The number of carbonyl (C=O) groups excluding carboxylic acids is 1. The summed E-state index contributed by atoms with van der Waals surface area (Å²) in [4.78, 5) is 17.4. The van der Waals surface area contributed by atoms with E-state index < -0.39 is 0 Å². The van der Waals surface area contributed by atoms with Crippen molar-refractivity contribution in [1.29, 1.82) is 0 Å². The van der Waals surface area contributed by atoms with Gasteiger partial charge in [0.2, 0.25) is 0 Å².